The van der Waals surface area contributed by atoms with Gasteiger partial charge in [-0.2, -0.15) is 0 Å². The molecule has 44 heavy (non-hydrogen) atoms. The molecule has 0 radical (unpaired) electrons. The van der Waals surface area contributed by atoms with E-state index in [0.29, 0.717) is 40.9 Å². The lowest BCUT2D eigenvalue weighted by atomic mass is 9.84. The molecule has 5 rings (SSSR count). The zero-order valence-corrected chi connectivity index (χ0v) is 26.9. The van der Waals surface area contributed by atoms with Crippen molar-refractivity contribution >= 4 is 34.9 Å². The number of amides is 1. The number of carbonyl (C=O) groups excluding carboxylic acids is 1. The maximum absolute atomic E-state index is 13.6. The largest absolute Gasteiger partial charge is 0.494 e. The summed E-state index contributed by atoms with van der Waals surface area (Å²) in [5.41, 5.74) is 4.67. The van der Waals surface area contributed by atoms with Crippen molar-refractivity contribution in [2.45, 2.75) is 32.2 Å². The number of rotatable bonds is 9. The Balaban J connectivity index is 1.33. The second kappa shape index (κ2) is 15.0. The lowest BCUT2D eigenvalue weighted by molar-refractivity contribution is 0.138. The normalized spacial score (nSPS) is 17.8. The number of terminal acetylenes is 1. The Hall–Kier alpha value is -3.47. The summed E-state index contributed by atoms with van der Waals surface area (Å²) in [6, 6.07) is 19.9. The molecule has 230 valence electrons. The minimum Gasteiger partial charge on any atom is -0.494 e. The van der Waals surface area contributed by atoms with E-state index in [9.17, 15) is 4.79 Å². The molecule has 2 heterocycles. The van der Waals surface area contributed by atoms with Crippen LogP contribution in [-0.2, 0) is 0 Å². The first-order chi connectivity index (χ1) is 21.3. The number of piperazine rings is 1. The molecule has 1 fully saturated rings. The third kappa shape index (κ3) is 7.97. The molecule has 0 aliphatic carbocycles. The highest BCUT2D eigenvalue weighted by molar-refractivity contribution is 6.31. The molecule has 1 atom stereocenters. The minimum atomic E-state index is -0.514. The van der Waals surface area contributed by atoms with Crippen LogP contribution in [0.15, 0.2) is 72.3 Å². The molecule has 1 saturated heterocycles. The van der Waals surface area contributed by atoms with Gasteiger partial charge in [-0.25, -0.2) is 4.79 Å². The van der Waals surface area contributed by atoms with Crippen LogP contribution >= 0.6 is 23.2 Å². The predicted octanol–water partition coefficient (Wildman–Crippen LogP) is 7.74. The number of ether oxygens (including phenoxy) is 2. The zero-order chi connectivity index (χ0) is 31.1. The first kappa shape index (κ1) is 31.9. The Kier molecular flexibility index (Phi) is 10.9. The number of likely N-dealkylation sites (N-methyl/N-ethyl adjacent to an activating group) is 1. The molecule has 0 N–H and O–H groups in total. The highest BCUT2D eigenvalue weighted by atomic mass is 35.5. The van der Waals surface area contributed by atoms with Crippen LogP contribution in [0.25, 0.3) is 5.57 Å². The van der Waals surface area contributed by atoms with Gasteiger partial charge in [-0.3, -0.25) is 4.90 Å². The van der Waals surface area contributed by atoms with Gasteiger partial charge in [0.25, 0.3) is 0 Å². The molecule has 1 unspecified atom stereocenters. The van der Waals surface area contributed by atoms with Gasteiger partial charge in [-0.05, 0) is 111 Å². The molecule has 3 aromatic rings. The Labute approximate surface area is 271 Å². The molecule has 0 saturated carbocycles. The van der Waals surface area contributed by atoms with Crippen LogP contribution in [0.5, 0.6) is 11.5 Å². The van der Waals surface area contributed by atoms with Crippen molar-refractivity contribution in [2.24, 2.45) is 0 Å². The van der Waals surface area contributed by atoms with Gasteiger partial charge in [-0.15, -0.1) is 6.42 Å². The van der Waals surface area contributed by atoms with Gasteiger partial charge in [-0.1, -0.05) is 47.3 Å². The van der Waals surface area contributed by atoms with Crippen molar-refractivity contribution in [3.63, 3.8) is 0 Å². The minimum absolute atomic E-state index is 0.414. The smallest absolute Gasteiger partial charge is 0.416 e. The van der Waals surface area contributed by atoms with Crippen LogP contribution in [0.4, 0.5) is 4.79 Å². The second-order valence-electron chi connectivity index (χ2n) is 11.4. The van der Waals surface area contributed by atoms with Crippen molar-refractivity contribution in [1.29, 1.82) is 0 Å². The highest BCUT2D eigenvalue weighted by Gasteiger charge is 2.35. The highest BCUT2D eigenvalue weighted by Crippen LogP contribution is 2.41. The van der Waals surface area contributed by atoms with E-state index in [1.807, 2.05) is 49.4 Å². The lowest BCUT2D eigenvalue weighted by Crippen LogP contribution is -2.44. The molecule has 3 aromatic carbocycles. The van der Waals surface area contributed by atoms with Crippen molar-refractivity contribution in [2.75, 3.05) is 52.9 Å². The standard InChI is InChI=1S/C36H39Cl2N3O3/c1-4-32-33(34-25-29(38)10-7-26(34)2)17-19-41(36(42)44-31-15-11-28(37)12-16-31)35(32)27-8-13-30(14-9-27)43-24-6-5-18-40-22-20-39(3)21-23-40/h1,7-16,25,35H,5-6,17-24H2,2-3H3. The fourth-order valence-corrected chi connectivity index (χ4v) is 6.13. The topological polar surface area (TPSA) is 45.3 Å². The monoisotopic (exact) mass is 631 g/mol. The van der Waals surface area contributed by atoms with Crippen molar-refractivity contribution in [3.05, 3.63) is 99.0 Å². The number of carbonyl (C=O) groups is 1. The summed E-state index contributed by atoms with van der Waals surface area (Å²) in [5.74, 6) is 4.13. The summed E-state index contributed by atoms with van der Waals surface area (Å²) in [6.45, 7) is 8.77. The fraction of sp³-hybridized carbons (Fsp3) is 0.361. The van der Waals surface area contributed by atoms with Crippen LogP contribution in [0.1, 0.15) is 42.0 Å². The third-order valence-corrected chi connectivity index (χ3v) is 8.86. The van der Waals surface area contributed by atoms with Crippen LogP contribution in [-0.4, -0.2) is 73.7 Å². The van der Waals surface area contributed by atoms with Crippen LogP contribution < -0.4 is 9.47 Å². The van der Waals surface area contributed by atoms with Gasteiger partial charge < -0.3 is 19.3 Å². The Morgan fingerprint density at radius 2 is 1.59 bits per heavy atom. The van der Waals surface area contributed by atoms with Gasteiger partial charge in [0.05, 0.1) is 12.6 Å². The molecular weight excluding hydrogens is 593 g/mol. The number of aryl methyl sites for hydroxylation is 1. The molecule has 0 spiro atoms. The number of hydrogen-bond acceptors (Lipinski definition) is 5. The maximum Gasteiger partial charge on any atom is 0.416 e. The summed E-state index contributed by atoms with van der Waals surface area (Å²) in [6.07, 6.45) is 8.39. The molecular formula is C36H39Cl2N3O3. The number of unbranched alkanes of at least 4 members (excludes halogenated alkanes) is 1. The number of halogens is 2. The van der Waals surface area contributed by atoms with E-state index in [2.05, 4.69) is 22.8 Å². The van der Waals surface area contributed by atoms with Crippen molar-refractivity contribution in [1.82, 2.24) is 14.7 Å². The predicted molar refractivity (Wildman–Crippen MR) is 179 cm³/mol. The van der Waals surface area contributed by atoms with Crippen molar-refractivity contribution in [3.8, 4) is 23.8 Å². The molecule has 6 nitrogen and oxygen atoms in total. The summed E-state index contributed by atoms with van der Waals surface area (Å²) in [7, 11) is 2.18. The van der Waals surface area contributed by atoms with Gasteiger partial charge >= 0.3 is 6.09 Å². The lowest BCUT2D eigenvalue weighted by Gasteiger charge is -2.37. The van der Waals surface area contributed by atoms with E-state index in [0.717, 1.165) is 73.6 Å². The first-order valence-corrected chi connectivity index (χ1v) is 15.9. The van der Waals surface area contributed by atoms with E-state index < -0.39 is 12.1 Å². The number of hydrogen-bond donors (Lipinski definition) is 0. The Morgan fingerprint density at radius 1 is 0.909 bits per heavy atom. The molecule has 2 aliphatic heterocycles. The van der Waals surface area contributed by atoms with Crippen LogP contribution in [0, 0.1) is 19.3 Å². The Bertz CT molecular complexity index is 1510. The number of benzene rings is 3. The van der Waals surface area contributed by atoms with Gasteiger partial charge in [0, 0.05) is 48.3 Å². The molecule has 1 amide bonds. The van der Waals surface area contributed by atoms with E-state index in [4.69, 9.17) is 39.1 Å². The van der Waals surface area contributed by atoms with Gasteiger partial charge in [0.15, 0.2) is 0 Å². The zero-order valence-electron chi connectivity index (χ0n) is 25.4. The molecule has 2 aliphatic rings. The van der Waals surface area contributed by atoms with E-state index in [-0.39, 0.29) is 0 Å². The second-order valence-corrected chi connectivity index (χ2v) is 12.3. The van der Waals surface area contributed by atoms with Crippen molar-refractivity contribution < 1.29 is 14.3 Å². The average Bonchev–Trinajstić information content (AvgIpc) is 3.03. The van der Waals surface area contributed by atoms with E-state index in [1.54, 1.807) is 29.2 Å². The van der Waals surface area contributed by atoms with Gasteiger partial charge in [0.1, 0.15) is 11.5 Å². The summed E-state index contributed by atoms with van der Waals surface area (Å²) in [5, 5.41) is 1.21. The fourth-order valence-electron chi connectivity index (χ4n) is 5.83. The third-order valence-electron chi connectivity index (χ3n) is 8.38. The molecule has 0 bridgehead atoms. The molecule has 8 heteroatoms. The summed E-state index contributed by atoms with van der Waals surface area (Å²) in [4.78, 5) is 20.2. The number of nitrogens with zero attached hydrogens (tertiary/aromatic N) is 3. The van der Waals surface area contributed by atoms with Crippen LogP contribution in [0.3, 0.4) is 0 Å². The SMILES string of the molecule is C#CC1=C(c2cc(Cl)ccc2C)CCN(C(=O)Oc2ccc(Cl)cc2)C1c1ccc(OCCCCN2CCN(C)CC2)cc1. The summed E-state index contributed by atoms with van der Waals surface area (Å²) < 4.78 is 11.9. The Morgan fingerprint density at radius 3 is 2.30 bits per heavy atom. The van der Waals surface area contributed by atoms with E-state index >= 15 is 0 Å². The summed E-state index contributed by atoms with van der Waals surface area (Å²) >= 11 is 12.4. The van der Waals surface area contributed by atoms with E-state index in [1.165, 1.54) is 0 Å². The molecule has 0 aromatic heterocycles. The quantitative estimate of drug-likeness (QED) is 0.178. The first-order valence-electron chi connectivity index (χ1n) is 15.2. The maximum atomic E-state index is 13.6. The van der Waals surface area contributed by atoms with Crippen LogP contribution in [0.2, 0.25) is 10.0 Å². The average molecular weight is 633 g/mol. The van der Waals surface area contributed by atoms with Gasteiger partial charge in [0.2, 0.25) is 0 Å².